The molecule has 1 aromatic carbocycles. The normalized spacial score (nSPS) is 17.3. The minimum atomic E-state index is -0.228. The zero-order chi connectivity index (χ0) is 19.5. The van der Waals surface area contributed by atoms with E-state index in [1.807, 2.05) is 32.7 Å². The van der Waals surface area contributed by atoms with Crippen LogP contribution in [0.2, 0.25) is 0 Å². The molecule has 0 unspecified atom stereocenters. The van der Waals surface area contributed by atoms with Crippen molar-refractivity contribution in [3.63, 3.8) is 0 Å². The molecule has 28 heavy (non-hydrogen) atoms. The molecule has 146 valence electrons. The Morgan fingerprint density at radius 2 is 2.00 bits per heavy atom. The van der Waals surface area contributed by atoms with Crippen molar-refractivity contribution in [1.29, 1.82) is 0 Å². The standard InChI is InChI=1S/C21H25FN6/c1-27(2)14-18-10-23-12-20(25-18)28-9-3-4-16(13-28)21-19(11-24-26-21)15-5-7-17(22)8-6-15/h5-8,10-12,16H,3-4,9,13-14H2,1-2H3,(H,24,26)/t16-/m1/s1. The molecule has 3 heterocycles. The van der Waals surface area contributed by atoms with Crippen molar-refractivity contribution >= 4 is 5.82 Å². The first-order valence-electron chi connectivity index (χ1n) is 9.60. The van der Waals surface area contributed by atoms with Gasteiger partial charge in [0.05, 0.1) is 18.1 Å². The molecule has 1 aliphatic rings. The highest BCUT2D eigenvalue weighted by Gasteiger charge is 2.26. The van der Waals surface area contributed by atoms with E-state index < -0.39 is 0 Å². The van der Waals surface area contributed by atoms with Gasteiger partial charge in [-0.3, -0.25) is 10.1 Å². The van der Waals surface area contributed by atoms with Gasteiger partial charge in [0.1, 0.15) is 11.6 Å². The highest BCUT2D eigenvalue weighted by atomic mass is 19.1. The number of H-pyrrole nitrogens is 1. The Bertz CT molecular complexity index is 921. The van der Waals surface area contributed by atoms with Crippen LogP contribution in [0.15, 0.2) is 42.9 Å². The molecule has 1 N–H and O–H groups in total. The number of benzene rings is 1. The number of anilines is 1. The van der Waals surface area contributed by atoms with E-state index >= 15 is 0 Å². The van der Waals surface area contributed by atoms with E-state index in [0.29, 0.717) is 5.92 Å². The molecule has 1 fully saturated rings. The predicted molar refractivity (Wildman–Crippen MR) is 108 cm³/mol. The van der Waals surface area contributed by atoms with Gasteiger partial charge in [-0.25, -0.2) is 9.37 Å². The molecule has 0 radical (unpaired) electrons. The number of hydrogen-bond acceptors (Lipinski definition) is 5. The number of nitrogens with zero attached hydrogens (tertiary/aromatic N) is 5. The van der Waals surface area contributed by atoms with Crippen LogP contribution in [0.5, 0.6) is 0 Å². The second-order valence-corrected chi connectivity index (χ2v) is 7.60. The van der Waals surface area contributed by atoms with Crippen molar-refractivity contribution in [2.45, 2.75) is 25.3 Å². The highest BCUT2D eigenvalue weighted by Crippen LogP contribution is 2.34. The Morgan fingerprint density at radius 1 is 1.18 bits per heavy atom. The molecule has 2 aromatic heterocycles. The van der Waals surface area contributed by atoms with E-state index in [2.05, 4.69) is 25.0 Å². The van der Waals surface area contributed by atoms with Crippen LogP contribution < -0.4 is 4.90 Å². The first-order chi connectivity index (χ1) is 13.6. The predicted octanol–water partition coefficient (Wildman–Crippen LogP) is 3.45. The van der Waals surface area contributed by atoms with Crippen molar-refractivity contribution in [2.24, 2.45) is 0 Å². The van der Waals surface area contributed by atoms with Gasteiger partial charge in [-0.1, -0.05) is 12.1 Å². The molecule has 3 aromatic rings. The fourth-order valence-electron chi connectivity index (χ4n) is 3.84. The summed E-state index contributed by atoms with van der Waals surface area (Å²) in [7, 11) is 4.06. The van der Waals surface area contributed by atoms with Gasteiger partial charge < -0.3 is 9.80 Å². The second-order valence-electron chi connectivity index (χ2n) is 7.60. The van der Waals surface area contributed by atoms with Gasteiger partial charge in [0.15, 0.2) is 0 Å². The maximum Gasteiger partial charge on any atom is 0.147 e. The lowest BCUT2D eigenvalue weighted by molar-refractivity contribution is 0.395. The van der Waals surface area contributed by atoms with Crippen LogP contribution in [0.3, 0.4) is 0 Å². The van der Waals surface area contributed by atoms with E-state index in [9.17, 15) is 4.39 Å². The van der Waals surface area contributed by atoms with Crippen molar-refractivity contribution in [2.75, 3.05) is 32.1 Å². The zero-order valence-electron chi connectivity index (χ0n) is 16.3. The third kappa shape index (κ3) is 4.04. The highest BCUT2D eigenvalue weighted by molar-refractivity contribution is 5.66. The minimum absolute atomic E-state index is 0.228. The summed E-state index contributed by atoms with van der Waals surface area (Å²) >= 11 is 0. The van der Waals surface area contributed by atoms with Crippen molar-refractivity contribution in [3.8, 4) is 11.1 Å². The summed E-state index contributed by atoms with van der Waals surface area (Å²) in [6.07, 6.45) is 7.66. The lowest BCUT2D eigenvalue weighted by Gasteiger charge is -2.33. The quantitative estimate of drug-likeness (QED) is 0.735. The average Bonchev–Trinajstić information content (AvgIpc) is 3.18. The maximum absolute atomic E-state index is 13.3. The third-order valence-corrected chi connectivity index (χ3v) is 5.13. The van der Waals surface area contributed by atoms with Gasteiger partial charge in [0, 0.05) is 43.0 Å². The number of piperidine rings is 1. The monoisotopic (exact) mass is 380 g/mol. The number of aromatic amines is 1. The largest absolute Gasteiger partial charge is 0.355 e. The van der Waals surface area contributed by atoms with Crippen LogP contribution in [-0.4, -0.2) is 52.3 Å². The Labute approximate surface area is 164 Å². The fourth-order valence-corrected chi connectivity index (χ4v) is 3.84. The summed E-state index contributed by atoms with van der Waals surface area (Å²) in [5.74, 6) is 1.01. The molecule has 0 bridgehead atoms. The number of aromatic nitrogens is 4. The SMILES string of the molecule is CN(C)Cc1cncc(N2CCC[C@@H](c3[nH]ncc3-c3ccc(F)cc3)C2)n1. The molecule has 1 aliphatic heterocycles. The summed E-state index contributed by atoms with van der Waals surface area (Å²) < 4.78 is 13.3. The summed E-state index contributed by atoms with van der Waals surface area (Å²) in [4.78, 5) is 13.6. The maximum atomic E-state index is 13.3. The van der Waals surface area contributed by atoms with Crippen LogP contribution >= 0.6 is 0 Å². The summed E-state index contributed by atoms with van der Waals surface area (Å²) in [5, 5.41) is 7.45. The number of hydrogen-bond donors (Lipinski definition) is 1. The molecule has 0 saturated carbocycles. The van der Waals surface area contributed by atoms with E-state index in [4.69, 9.17) is 4.98 Å². The molecular formula is C21H25FN6. The topological polar surface area (TPSA) is 60.9 Å². The fraction of sp³-hybridized carbons (Fsp3) is 0.381. The van der Waals surface area contributed by atoms with Gasteiger partial charge in [0.25, 0.3) is 0 Å². The van der Waals surface area contributed by atoms with Gasteiger partial charge in [-0.2, -0.15) is 5.10 Å². The van der Waals surface area contributed by atoms with E-state index in [-0.39, 0.29) is 5.82 Å². The van der Waals surface area contributed by atoms with Crippen LogP contribution in [0.1, 0.15) is 30.1 Å². The lowest BCUT2D eigenvalue weighted by Crippen LogP contribution is -2.35. The Kier molecular flexibility index (Phi) is 5.34. The summed E-state index contributed by atoms with van der Waals surface area (Å²) in [5.41, 5.74) is 4.10. The third-order valence-electron chi connectivity index (χ3n) is 5.13. The van der Waals surface area contributed by atoms with Crippen molar-refractivity contribution in [3.05, 3.63) is 60.1 Å². The number of rotatable bonds is 5. The van der Waals surface area contributed by atoms with Gasteiger partial charge in [-0.15, -0.1) is 0 Å². The Morgan fingerprint density at radius 3 is 2.79 bits per heavy atom. The minimum Gasteiger partial charge on any atom is -0.355 e. The van der Waals surface area contributed by atoms with Crippen molar-refractivity contribution < 1.29 is 4.39 Å². The molecule has 1 atom stereocenters. The molecule has 6 nitrogen and oxygen atoms in total. The van der Waals surface area contributed by atoms with E-state index in [1.165, 1.54) is 12.1 Å². The van der Waals surface area contributed by atoms with E-state index in [1.54, 1.807) is 12.1 Å². The molecular weight excluding hydrogens is 355 g/mol. The summed E-state index contributed by atoms with van der Waals surface area (Å²) in [6.45, 7) is 2.60. The van der Waals surface area contributed by atoms with Crippen LogP contribution in [-0.2, 0) is 6.54 Å². The molecule has 0 amide bonds. The molecule has 0 aliphatic carbocycles. The first kappa shape index (κ1) is 18.6. The van der Waals surface area contributed by atoms with Gasteiger partial charge in [-0.05, 0) is 44.6 Å². The first-order valence-corrected chi connectivity index (χ1v) is 9.60. The van der Waals surface area contributed by atoms with Crippen LogP contribution in [0.4, 0.5) is 10.2 Å². The average molecular weight is 380 g/mol. The summed E-state index contributed by atoms with van der Waals surface area (Å²) in [6, 6.07) is 6.59. The van der Waals surface area contributed by atoms with Crippen LogP contribution in [0, 0.1) is 5.82 Å². The Balaban J connectivity index is 1.55. The van der Waals surface area contributed by atoms with Crippen molar-refractivity contribution in [1.82, 2.24) is 25.1 Å². The van der Waals surface area contributed by atoms with Gasteiger partial charge >= 0.3 is 0 Å². The number of nitrogens with one attached hydrogen (secondary N) is 1. The molecule has 7 heteroatoms. The smallest absolute Gasteiger partial charge is 0.147 e. The second kappa shape index (κ2) is 8.06. The Hall–Kier alpha value is -2.80. The lowest BCUT2D eigenvalue weighted by atomic mass is 9.90. The molecule has 4 rings (SSSR count). The van der Waals surface area contributed by atoms with Crippen LogP contribution in [0.25, 0.3) is 11.1 Å². The zero-order valence-corrected chi connectivity index (χ0v) is 16.3. The van der Waals surface area contributed by atoms with E-state index in [0.717, 1.165) is 60.8 Å². The molecule has 1 saturated heterocycles. The molecule has 0 spiro atoms. The van der Waals surface area contributed by atoms with Gasteiger partial charge in [0.2, 0.25) is 0 Å². The number of halogens is 1.